The fraction of sp³-hybridized carbons (Fsp3) is 0.130. The van der Waals surface area contributed by atoms with Gasteiger partial charge >= 0.3 is 0 Å². The second-order valence-electron chi connectivity index (χ2n) is 7.13. The van der Waals surface area contributed by atoms with E-state index in [1.165, 1.54) is 31.2 Å². The van der Waals surface area contributed by atoms with E-state index in [0.29, 0.717) is 27.0 Å². The number of halogens is 2. The SMILES string of the molecule is CC(=O)Nc1cccc(NC(=O)CN(Cc2ccccc2Cl)S(=O)(=O)c2ccc(Cl)cc2)c1. The molecule has 3 aromatic rings. The molecule has 0 heterocycles. The lowest BCUT2D eigenvalue weighted by molar-refractivity contribution is -0.116. The zero-order chi connectivity index (χ0) is 24.0. The Hall–Kier alpha value is -2.91. The molecule has 0 aliphatic carbocycles. The molecule has 7 nitrogen and oxygen atoms in total. The zero-order valence-corrected chi connectivity index (χ0v) is 19.9. The van der Waals surface area contributed by atoms with E-state index >= 15 is 0 Å². The fourth-order valence-corrected chi connectivity index (χ4v) is 4.73. The number of carbonyl (C=O) groups is 2. The van der Waals surface area contributed by atoms with Crippen molar-refractivity contribution in [1.29, 1.82) is 0 Å². The van der Waals surface area contributed by atoms with Crippen molar-refractivity contribution >= 4 is 56.4 Å². The summed E-state index contributed by atoms with van der Waals surface area (Å²) in [5, 5.41) is 6.07. The van der Waals surface area contributed by atoms with Gasteiger partial charge in [-0.1, -0.05) is 47.5 Å². The molecule has 3 rings (SSSR count). The molecule has 2 amide bonds. The number of benzene rings is 3. The maximum absolute atomic E-state index is 13.3. The van der Waals surface area contributed by atoms with Crippen LogP contribution in [0, 0.1) is 0 Å². The topological polar surface area (TPSA) is 95.6 Å². The number of anilines is 2. The van der Waals surface area contributed by atoms with Gasteiger partial charge in [-0.25, -0.2) is 8.42 Å². The maximum Gasteiger partial charge on any atom is 0.243 e. The van der Waals surface area contributed by atoms with Gasteiger partial charge in [-0.15, -0.1) is 0 Å². The van der Waals surface area contributed by atoms with E-state index in [0.717, 1.165) is 4.31 Å². The standard InChI is InChI=1S/C23H21Cl2N3O4S/c1-16(29)26-19-6-4-7-20(13-19)27-23(30)15-28(14-17-5-2-3-8-22(17)25)33(31,32)21-11-9-18(24)10-12-21/h2-13H,14-15H2,1H3,(H,26,29)(H,27,30). The van der Waals surface area contributed by atoms with Gasteiger partial charge in [0.15, 0.2) is 0 Å². The Bertz CT molecular complexity index is 1260. The fourth-order valence-electron chi connectivity index (χ4n) is 3.04. The van der Waals surface area contributed by atoms with E-state index in [4.69, 9.17) is 23.2 Å². The molecule has 10 heteroatoms. The molecule has 0 atom stereocenters. The van der Waals surface area contributed by atoms with Crippen LogP contribution in [-0.2, 0) is 26.2 Å². The maximum atomic E-state index is 13.3. The van der Waals surface area contributed by atoms with Crippen molar-refractivity contribution < 1.29 is 18.0 Å². The van der Waals surface area contributed by atoms with Crippen LogP contribution < -0.4 is 10.6 Å². The van der Waals surface area contributed by atoms with Gasteiger partial charge in [0.25, 0.3) is 0 Å². The molecular weight excluding hydrogens is 485 g/mol. The minimum Gasteiger partial charge on any atom is -0.326 e. The van der Waals surface area contributed by atoms with Crippen LogP contribution in [0.3, 0.4) is 0 Å². The van der Waals surface area contributed by atoms with Crippen molar-refractivity contribution in [1.82, 2.24) is 4.31 Å². The van der Waals surface area contributed by atoms with Gasteiger partial charge in [-0.3, -0.25) is 9.59 Å². The highest BCUT2D eigenvalue weighted by Gasteiger charge is 2.27. The molecule has 0 aromatic heterocycles. The van der Waals surface area contributed by atoms with E-state index in [9.17, 15) is 18.0 Å². The first-order valence-electron chi connectivity index (χ1n) is 9.82. The molecule has 0 aliphatic heterocycles. The summed E-state index contributed by atoms with van der Waals surface area (Å²) in [6.45, 7) is 0.810. The van der Waals surface area contributed by atoms with Gasteiger partial charge in [-0.05, 0) is 54.1 Å². The highest BCUT2D eigenvalue weighted by Crippen LogP contribution is 2.24. The molecule has 0 saturated carbocycles. The first kappa shape index (κ1) is 24.7. The van der Waals surface area contributed by atoms with Crippen molar-refractivity contribution in [3.63, 3.8) is 0 Å². The molecule has 0 fully saturated rings. The summed E-state index contributed by atoms with van der Waals surface area (Å²) in [6.07, 6.45) is 0. The first-order chi connectivity index (χ1) is 15.6. The summed E-state index contributed by atoms with van der Waals surface area (Å²) < 4.78 is 27.7. The normalized spacial score (nSPS) is 11.3. The smallest absolute Gasteiger partial charge is 0.243 e. The Balaban J connectivity index is 1.86. The summed E-state index contributed by atoms with van der Waals surface area (Å²) >= 11 is 12.1. The number of rotatable bonds is 8. The molecule has 0 unspecified atom stereocenters. The molecular formula is C23H21Cl2N3O4S. The number of hydrogen-bond acceptors (Lipinski definition) is 4. The van der Waals surface area contributed by atoms with E-state index in [-0.39, 0.29) is 17.3 Å². The number of nitrogens with zero attached hydrogens (tertiary/aromatic N) is 1. The van der Waals surface area contributed by atoms with Crippen LogP contribution in [-0.4, -0.2) is 31.1 Å². The molecule has 0 aliphatic rings. The largest absolute Gasteiger partial charge is 0.326 e. The predicted molar refractivity (Wildman–Crippen MR) is 130 cm³/mol. The molecule has 0 bridgehead atoms. The third-order valence-corrected chi connectivity index (χ3v) is 6.97. The number of nitrogens with one attached hydrogen (secondary N) is 2. The monoisotopic (exact) mass is 505 g/mol. The number of sulfonamides is 1. The van der Waals surface area contributed by atoms with Gasteiger partial charge in [-0.2, -0.15) is 4.31 Å². The van der Waals surface area contributed by atoms with Gasteiger partial charge in [0.05, 0.1) is 11.4 Å². The minimum atomic E-state index is -4.05. The third-order valence-electron chi connectivity index (χ3n) is 4.54. The van der Waals surface area contributed by atoms with Gasteiger partial charge < -0.3 is 10.6 Å². The van der Waals surface area contributed by atoms with E-state index in [2.05, 4.69) is 10.6 Å². The van der Waals surface area contributed by atoms with E-state index in [1.807, 2.05) is 0 Å². The average Bonchev–Trinajstić information content (AvgIpc) is 2.75. The summed E-state index contributed by atoms with van der Waals surface area (Å²) in [5.41, 5.74) is 1.46. The molecule has 2 N–H and O–H groups in total. The van der Waals surface area contributed by atoms with Crippen molar-refractivity contribution in [3.8, 4) is 0 Å². The zero-order valence-electron chi connectivity index (χ0n) is 17.6. The van der Waals surface area contributed by atoms with Crippen LogP contribution >= 0.6 is 23.2 Å². The minimum absolute atomic E-state index is 0.000547. The quantitative estimate of drug-likeness (QED) is 0.460. The highest BCUT2D eigenvalue weighted by molar-refractivity contribution is 7.89. The van der Waals surface area contributed by atoms with Gasteiger partial charge in [0, 0.05) is 34.9 Å². The number of amides is 2. The number of hydrogen-bond donors (Lipinski definition) is 2. The molecule has 172 valence electrons. The van der Waals surface area contributed by atoms with Crippen molar-refractivity contribution in [2.24, 2.45) is 0 Å². The lowest BCUT2D eigenvalue weighted by Crippen LogP contribution is -2.37. The van der Waals surface area contributed by atoms with Crippen molar-refractivity contribution in [2.45, 2.75) is 18.4 Å². The van der Waals surface area contributed by atoms with Gasteiger partial charge in [0.2, 0.25) is 21.8 Å². The molecule has 0 radical (unpaired) electrons. The summed E-state index contributed by atoms with van der Waals surface area (Å²) in [6, 6.07) is 19.1. The number of carbonyl (C=O) groups excluding carboxylic acids is 2. The van der Waals surface area contributed by atoms with Crippen LogP contribution in [0.15, 0.2) is 77.7 Å². The Labute approximate surface area is 202 Å². The summed E-state index contributed by atoms with van der Waals surface area (Å²) in [5.74, 6) is -0.807. The Morgan fingerprint density at radius 2 is 1.52 bits per heavy atom. The Kier molecular flexibility index (Phi) is 8.10. The van der Waals surface area contributed by atoms with Crippen LogP contribution in [0.25, 0.3) is 0 Å². The molecule has 0 spiro atoms. The van der Waals surface area contributed by atoms with Crippen molar-refractivity contribution in [2.75, 3.05) is 17.2 Å². The highest BCUT2D eigenvalue weighted by atomic mass is 35.5. The van der Waals surface area contributed by atoms with E-state index < -0.39 is 22.5 Å². The molecule has 33 heavy (non-hydrogen) atoms. The molecule has 3 aromatic carbocycles. The average molecular weight is 506 g/mol. The van der Waals surface area contributed by atoms with E-state index in [1.54, 1.807) is 48.5 Å². The Morgan fingerprint density at radius 1 is 0.879 bits per heavy atom. The van der Waals surface area contributed by atoms with Crippen LogP contribution in [0.4, 0.5) is 11.4 Å². The Morgan fingerprint density at radius 3 is 2.15 bits per heavy atom. The van der Waals surface area contributed by atoms with Crippen molar-refractivity contribution in [3.05, 3.63) is 88.4 Å². The first-order valence-corrected chi connectivity index (χ1v) is 12.0. The van der Waals surface area contributed by atoms with Gasteiger partial charge in [0.1, 0.15) is 0 Å². The summed E-state index contributed by atoms with van der Waals surface area (Å²) in [4.78, 5) is 24.1. The van der Waals surface area contributed by atoms with Crippen LogP contribution in [0.1, 0.15) is 12.5 Å². The second-order valence-corrected chi connectivity index (χ2v) is 9.91. The van der Waals surface area contributed by atoms with Crippen LogP contribution in [0.2, 0.25) is 10.0 Å². The third kappa shape index (κ3) is 6.79. The lowest BCUT2D eigenvalue weighted by atomic mass is 10.2. The lowest BCUT2D eigenvalue weighted by Gasteiger charge is -2.22. The predicted octanol–water partition coefficient (Wildman–Crippen LogP) is 4.78. The second kappa shape index (κ2) is 10.8. The molecule has 0 saturated heterocycles. The van der Waals surface area contributed by atoms with Crippen LogP contribution in [0.5, 0.6) is 0 Å². The summed E-state index contributed by atoms with van der Waals surface area (Å²) in [7, 11) is -4.05.